The number of nitrogens with zero attached hydrogens (tertiary/aromatic N) is 1. The number of carbonyl (C=O) groups is 4. The average molecular weight is 658 g/mol. The Bertz CT molecular complexity index is 1940. The molecule has 4 amide bonds. The Labute approximate surface area is 282 Å². The Morgan fingerprint density at radius 1 is 0.489 bits per heavy atom. The summed E-state index contributed by atoms with van der Waals surface area (Å²) in [6.45, 7) is 0. The fourth-order valence-electron chi connectivity index (χ4n) is 4.03. The normalized spacial score (nSPS) is 12.4. The van der Waals surface area contributed by atoms with Crippen LogP contribution in [0.5, 0.6) is 0 Å². The number of hydrogen-bond donors (Lipinski definition) is 4. The lowest BCUT2D eigenvalue weighted by atomic mass is 10.2. The second-order valence-electron chi connectivity index (χ2n) is 9.32. The summed E-state index contributed by atoms with van der Waals surface area (Å²) in [7, 11) is -2.75. The van der Waals surface area contributed by atoms with Crippen LogP contribution in [-0.4, -0.2) is 50.7 Å². The van der Waals surface area contributed by atoms with Crippen molar-refractivity contribution in [2.24, 2.45) is 0 Å². The first kappa shape index (κ1) is 27.3. The van der Waals surface area contributed by atoms with Crippen molar-refractivity contribution in [3.8, 4) is 0 Å². The number of pyridine rings is 1. The number of amides is 4. The molecule has 240 valence electrons. The number of hydrogen-bond acceptors (Lipinski definition) is 6. The average Bonchev–Trinajstić information content (AvgIpc) is 3.13. The van der Waals surface area contributed by atoms with Crippen LogP contribution in [0, 0.1) is 0 Å². The van der Waals surface area contributed by atoms with E-state index in [4.69, 9.17) is 8.22 Å². The largest absolute Gasteiger partial charge is 0.412 e. The Morgan fingerprint density at radius 3 is 1.13 bits per heavy atom. The molecule has 0 radical (unpaired) electrons. The highest BCUT2D eigenvalue weighted by Crippen LogP contribution is 2.24. The van der Waals surface area contributed by atoms with E-state index < -0.39 is 35.0 Å². The molecule has 0 saturated heterocycles. The maximum absolute atomic E-state index is 13.1. The lowest BCUT2D eigenvalue weighted by Gasteiger charge is -2.13. The van der Waals surface area contributed by atoms with Crippen molar-refractivity contribution in [2.75, 3.05) is 33.6 Å². The van der Waals surface area contributed by atoms with Gasteiger partial charge in [0, 0.05) is 42.5 Å². The van der Waals surface area contributed by atoms with Gasteiger partial charge in [-0.05, 0) is 60.7 Å². The van der Waals surface area contributed by atoms with E-state index >= 15 is 0 Å². The maximum Gasteiger partial charge on any atom is 0.274 e. The molecule has 0 fully saturated rings. The molecule has 1 aromatic heterocycles. The first-order chi connectivity index (χ1) is 24.6. The van der Waals surface area contributed by atoms with Gasteiger partial charge in [0.05, 0.1) is 22.7 Å². The van der Waals surface area contributed by atoms with Crippen LogP contribution < -0.4 is 21.3 Å². The first-order valence-corrected chi connectivity index (χ1v) is 14.7. The zero-order chi connectivity index (χ0) is 37.9. The number of carbonyl (C=O) groups excluding carboxylic acids is 4. The number of nitrogens with one attached hydrogen (secondary N) is 4. The zero-order valence-electron chi connectivity index (χ0n) is 30.5. The van der Waals surface area contributed by atoms with Gasteiger partial charge in [0.1, 0.15) is 11.4 Å². The lowest BCUT2D eigenvalue weighted by Crippen LogP contribution is -2.20. The van der Waals surface area contributed by atoms with Gasteiger partial charge in [-0.1, -0.05) is 66.7 Å². The van der Waals surface area contributed by atoms with E-state index in [2.05, 4.69) is 26.3 Å². The van der Waals surface area contributed by atoms with Crippen molar-refractivity contribution < 1.29 is 37.1 Å². The summed E-state index contributed by atoms with van der Waals surface area (Å²) in [4.78, 5) is 55.7. The molecule has 5 rings (SSSR count). The molecule has 47 heavy (non-hydrogen) atoms. The summed E-state index contributed by atoms with van der Waals surface area (Å²) in [5.74, 6) is -1.79. The van der Waals surface area contributed by atoms with Gasteiger partial charge in [0.25, 0.3) is 23.6 Å². The van der Waals surface area contributed by atoms with Crippen LogP contribution >= 0.6 is 0 Å². The standard InChI is InChI=1S/C33H25N5O4.C2H6OS.H2O/c39-30(22-12-3-1-4-13-22)35-24-16-7-9-18-26(24)37-32(41)28-20-11-21-29(34-28)33(42)38-27-19-10-8-17-25(27)36-31(40)23-14-5-2-6-15-23;1-4(2)3;/h1-21H,(H,35,39)(H,36,40)(H,37,41)(H,38,42);1-2H3;1H2/i;1D3,2D3;. The fraction of sp³-hybridized carbons (Fsp3) is 0.0571. The van der Waals surface area contributed by atoms with Crippen LogP contribution in [0.3, 0.4) is 0 Å². The second-order valence-corrected chi connectivity index (χ2v) is 9.85. The van der Waals surface area contributed by atoms with Crippen molar-refractivity contribution in [1.29, 1.82) is 0 Å². The maximum atomic E-state index is 13.1. The van der Waals surface area contributed by atoms with E-state index in [0.29, 0.717) is 33.9 Å². The summed E-state index contributed by atoms with van der Waals surface area (Å²) in [6, 6.07) is 35.5. The minimum absolute atomic E-state index is 0. The first-order valence-electron chi connectivity index (χ1n) is 16.6. The van der Waals surface area contributed by atoms with Gasteiger partial charge in [0.15, 0.2) is 0 Å². The molecular weight excluding hydrogens is 618 g/mol. The number of rotatable bonds is 8. The fourth-order valence-corrected chi connectivity index (χ4v) is 4.03. The van der Waals surface area contributed by atoms with Gasteiger partial charge in [-0.25, -0.2) is 4.98 Å². The molecule has 11 nitrogen and oxygen atoms in total. The molecule has 0 aliphatic heterocycles. The minimum Gasteiger partial charge on any atom is -0.412 e. The van der Waals surface area contributed by atoms with E-state index in [9.17, 15) is 23.4 Å². The molecule has 1 heterocycles. The summed E-state index contributed by atoms with van der Waals surface area (Å²) in [5, 5.41) is 11.1. The van der Waals surface area contributed by atoms with Crippen molar-refractivity contribution in [3.63, 3.8) is 0 Å². The van der Waals surface area contributed by atoms with Gasteiger partial charge in [0.2, 0.25) is 0 Å². The molecule has 0 aliphatic rings. The molecular formula is C35H33N5O6S. The predicted molar refractivity (Wildman–Crippen MR) is 185 cm³/mol. The Hall–Kier alpha value is -5.98. The number of benzene rings is 4. The van der Waals surface area contributed by atoms with Gasteiger partial charge >= 0.3 is 0 Å². The molecule has 5 aromatic rings. The Balaban J connectivity index is 0.000000604. The van der Waals surface area contributed by atoms with Gasteiger partial charge in [-0.3, -0.25) is 23.4 Å². The van der Waals surface area contributed by atoms with Crippen molar-refractivity contribution in [3.05, 3.63) is 150 Å². The van der Waals surface area contributed by atoms with E-state index in [1.54, 1.807) is 103 Å². The smallest absolute Gasteiger partial charge is 0.274 e. The summed E-state index contributed by atoms with van der Waals surface area (Å²) >= 11 is 0. The summed E-state index contributed by atoms with van der Waals surface area (Å²) in [5.41, 5.74) is 2.49. The van der Waals surface area contributed by atoms with Crippen LogP contribution in [0.25, 0.3) is 0 Å². The van der Waals surface area contributed by atoms with Crippen LogP contribution in [0.4, 0.5) is 22.7 Å². The minimum atomic E-state index is -2.90. The molecule has 0 spiro atoms. The molecule has 0 atom stereocenters. The lowest BCUT2D eigenvalue weighted by molar-refractivity contribution is 0.100. The molecule has 6 N–H and O–H groups in total. The highest BCUT2D eigenvalue weighted by Gasteiger charge is 2.17. The van der Waals surface area contributed by atoms with Crippen molar-refractivity contribution in [2.45, 2.75) is 0 Å². The van der Waals surface area contributed by atoms with E-state index in [-0.39, 0.29) is 28.7 Å². The van der Waals surface area contributed by atoms with E-state index in [1.165, 1.54) is 12.1 Å². The third-order valence-electron chi connectivity index (χ3n) is 6.13. The molecule has 0 bridgehead atoms. The number of anilines is 4. The molecule has 4 aromatic carbocycles. The van der Waals surface area contributed by atoms with Gasteiger partial charge in [-0.15, -0.1) is 0 Å². The zero-order valence-corrected chi connectivity index (χ0v) is 25.3. The molecule has 12 heteroatoms. The summed E-state index contributed by atoms with van der Waals surface area (Å²) < 4.78 is 49.3. The topological polar surface area (TPSA) is 178 Å². The van der Waals surface area contributed by atoms with Crippen molar-refractivity contribution >= 4 is 57.2 Å². The Morgan fingerprint density at radius 2 is 0.809 bits per heavy atom. The predicted octanol–water partition coefficient (Wildman–Crippen LogP) is 5.26. The third kappa shape index (κ3) is 10.6. The molecule has 0 aliphatic carbocycles. The van der Waals surface area contributed by atoms with E-state index in [1.807, 2.05) is 12.1 Å². The second kappa shape index (κ2) is 17.5. The summed E-state index contributed by atoms with van der Waals surface area (Å²) in [6.07, 6.45) is -5.80. The van der Waals surface area contributed by atoms with Crippen LogP contribution in [0.2, 0.25) is 0 Å². The molecule has 0 unspecified atom stereocenters. The van der Waals surface area contributed by atoms with E-state index in [0.717, 1.165) is 0 Å². The number of para-hydroxylation sites is 4. The van der Waals surface area contributed by atoms with Crippen LogP contribution in [-0.2, 0) is 10.8 Å². The molecule has 0 saturated carbocycles. The third-order valence-corrected chi connectivity index (χ3v) is 6.13. The quantitative estimate of drug-likeness (QED) is 0.177. The highest BCUT2D eigenvalue weighted by molar-refractivity contribution is 7.83. The van der Waals surface area contributed by atoms with Crippen LogP contribution in [0.15, 0.2) is 127 Å². The van der Waals surface area contributed by atoms with Gasteiger partial charge < -0.3 is 26.7 Å². The van der Waals surface area contributed by atoms with Crippen molar-refractivity contribution in [1.82, 2.24) is 4.98 Å². The monoisotopic (exact) mass is 657 g/mol. The van der Waals surface area contributed by atoms with Crippen LogP contribution in [0.1, 0.15) is 49.9 Å². The Kier molecular flexibility index (Phi) is 10.2. The SMILES string of the molecule is O.O=C(Nc1ccccc1NC(=O)c1cccc(C(=O)Nc2ccccc2NC(=O)c2ccccc2)n1)c1ccccc1.[2H]C([2H])([2H])S(=O)C([2H])([2H])[2H]. The highest BCUT2D eigenvalue weighted by atomic mass is 32.2. The van der Waals surface area contributed by atoms with Gasteiger partial charge in [-0.2, -0.15) is 0 Å². The number of aromatic nitrogens is 1.